The summed E-state index contributed by atoms with van der Waals surface area (Å²) < 4.78 is 0. The van der Waals surface area contributed by atoms with Gasteiger partial charge < -0.3 is 0 Å². The number of allylic oxidation sites excluding steroid dienone is 7. The normalized spacial score (nSPS) is 26.6. The van der Waals surface area contributed by atoms with Gasteiger partial charge in [0.2, 0.25) is 0 Å². The van der Waals surface area contributed by atoms with Gasteiger partial charge in [0.25, 0.3) is 0 Å². The van der Waals surface area contributed by atoms with Crippen LogP contribution in [0, 0.1) is 28.6 Å². The molecule has 2 aliphatic carbocycles. The van der Waals surface area contributed by atoms with E-state index in [-0.39, 0.29) is 0 Å². The van der Waals surface area contributed by atoms with Crippen molar-refractivity contribution in [2.45, 2.75) is 292 Å². The summed E-state index contributed by atoms with van der Waals surface area (Å²) in [5.41, 5.74) is 9.55. The molecule has 0 bridgehead atoms. The lowest BCUT2D eigenvalue weighted by Gasteiger charge is -2.42. The lowest BCUT2D eigenvalue weighted by atomic mass is 9.62. The van der Waals surface area contributed by atoms with Gasteiger partial charge in [0.1, 0.15) is 0 Å². The second kappa shape index (κ2) is 34.3. The Labute approximate surface area is 372 Å². The van der Waals surface area contributed by atoms with Crippen LogP contribution in [0.15, 0.2) is 53.3 Å². The van der Waals surface area contributed by atoms with Crippen LogP contribution >= 0.6 is 0 Å². The predicted molar refractivity (Wildman–Crippen MR) is 268 cm³/mol. The van der Waals surface area contributed by atoms with Gasteiger partial charge in [0, 0.05) is 0 Å². The average molecular weight is 815 g/mol. The van der Waals surface area contributed by atoms with Crippen LogP contribution in [0.1, 0.15) is 292 Å². The van der Waals surface area contributed by atoms with E-state index in [9.17, 15) is 0 Å². The zero-order valence-electron chi connectivity index (χ0n) is 41.6. The largest absolute Gasteiger partial charge is 0.133 e. The summed E-state index contributed by atoms with van der Waals surface area (Å²) in [6.45, 7) is 21.3. The van der Waals surface area contributed by atoms with E-state index in [0.29, 0.717) is 22.7 Å². The predicted octanol–water partition coefficient (Wildman–Crippen LogP) is 20.9. The fraction of sp³-hybridized carbons (Fsp3) is 0.847. The molecule has 0 amide bonds. The molecule has 0 aliphatic heterocycles. The molecule has 59 heavy (non-hydrogen) atoms. The van der Waals surface area contributed by atoms with Crippen molar-refractivity contribution in [3.63, 3.8) is 0 Å². The molecule has 0 N–H and O–H groups in total. The van der Waals surface area contributed by atoms with E-state index < -0.39 is 0 Å². The van der Waals surface area contributed by atoms with Gasteiger partial charge in [0.05, 0.1) is 0 Å². The minimum Gasteiger partial charge on any atom is -0.133 e. The van der Waals surface area contributed by atoms with Crippen LogP contribution in [0.5, 0.6) is 0 Å². The van der Waals surface area contributed by atoms with Gasteiger partial charge in [-0.05, 0) is 164 Å². The second-order valence-electron chi connectivity index (χ2n) is 21.4. The molecule has 0 nitrogen and oxygen atoms in total. The number of rotatable bonds is 22. The van der Waals surface area contributed by atoms with Crippen molar-refractivity contribution in [2.24, 2.45) is 28.6 Å². The summed E-state index contributed by atoms with van der Waals surface area (Å²) in [6, 6.07) is 0. The van der Waals surface area contributed by atoms with Crippen molar-refractivity contribution in [1.82, 2.24) is 0 Å². The standard InChI is InChI=1S/C59H106/c1-9-12-14-22-32-49-59(48-30-13-10-2)50-34-33-46-58(8,47-35-42-57(59)36-11-3)45-31-23-18-16-15-17-19-29-41-56-44-43-54(6)51-53(5)39-26-21-20-25-37-52(4)38-27-24-28-40-55(56)7/h25,36-37,51-52,54,57H,3,9-10,12-24,26-35,38-50H2,1-2,4-8H3. The van der Waals surface area contributed by atoms with Crippen LogP contribution in [0.25, 0.3) is 0 Å². The molecule has 0 spiro atoms. The fourth-order valence-electron chi connectivity index (χ4n) is 11.5. The highest BCUT2D eigenvalue weighted by atomic mass is 14.4. The van der Waals surface area contributed by atoms with E-state index in [0.717, 1.165) is 5.92 Å². The molecule has 0 saturated heterocycles. The fourth-order valence-corrected chi connectivity index (χ4v) is 11.5. The molecule has 0 radical (unpaired) electrons. The molecule has 2 aliphatic rings. The second-order valence-corrected chi connectivity index (χ2v) is 21.4. The third-order valence-electron chi connectivity index (χ3n) is 15.6. The molecule has 2 rings (SSSR count). The van der Waals surface area contributed by atoms with Crippen LogP contribution in [-0.2, 0) is 0 Å². The first-order valence-corrected chi connectivity index (χ1v) is 27.0. The molecule has 0 heteroatoms. The number of hydrogen-bond acceptors (Lipinski definition) is 0. The first-order valence-electron chi connectivity index (χ1n) is 27.0. The zero-order valence-corrected chi connectivity index (χ0v) is 41.6. The molecule has 1 saturated carbocycles. The highest BCUT2D eigenvalue weighted by molar-refractivity contribution is 5.13. The summed E-state index contributed by atoms with van der Waals surface area (Å²) in [7, 11) is 0. The van der Waals surface area contributed by atoms with E-state index in [1.165, 1.54) is 244 Å². The monoisotopic (exact) mass is 815 g/mol. The highest BCUT2D eigenvalue weighted by Crippen LogP contribution is 2.49. The lowest BCUT2D eigenvalue weighted by molar-refractivity contribution is 0.104. The van der Waals surface area contributed by atoms with Crippen molar-refractivity contribution in [1.29, 1.82) is 0 Å². The SMILES string of the molecule is C=C=CC1CCCC(C)(CCCCCCCCCCC2=C(C)CCCCCC(C)C=CCCCCC(C)=CC(C)CC2)CCCCC1(CCCCC)CCCCCCC. The third-order valence-corrected chi connectivity index (χ3v) is 15.6. The first-order chi connectivity index (χ1) is 28.7. The first kappa shape index (κ1) is 53.9. The van der Waals surface area contributed by atoms with Crippen LogP contribution in [0.4, 0.5) is 0 Å². The minimum absolute atomic E-state index is 0.493. The summed E-state index contributed by atoms with van der Waals surface area (Å²) >= 11 is 0. The quantitative estimate of drug-likeness (QED) is 0.0580. The smallest absolute Gasteiger partial charge is 0.0101 e. The molecule has 0 aromatic carbocycles. The maximum Gasteiger partial charge on any atom is -0.0101 e. The van der Waals surface area contributed by atoms with Gasteiger partial charge in [-0.25, -0.2) is 0 Å². The lowest BCUT2D eigenvalue weighted by Crippen LogP contribution is -2.31. The van der Waals surface area contributed by atoms with Crippen molar-refractivity contribution >= 4 is 0 Å². The van der Waals surface area contributed by atoms with Crippen molar-refractivity contribution < 1.29 is 0 Å². The molecular formula is C59H106. The van der Waals surface area contributed by atoms with Crippen LogP contribution in [0.2, 0.25) is 0 Å². The maximum atomic E-state index is 4.12. The van der Waals surface area contributed by atoms with Gasteiger partial charge in [-0.3, -0.25) is 0 Å². The zero-order chi connectivity index (χ0) is 42.9. The number of unbranched alkanes of at least 4 members (excludes halogenated alkanes) is 13. The summed E-state index contributed by atoms with van der Waals surface area (Å²) in [4.78, 5) is 0. The van der Waals surface area contributed by atoms with Gasteiger partial charge in [-0.2, -0.15) is 0 Å². The van der Waals surface area contributed by atoms with Crippen LogP contribution in [-0.4, -0.2) is 0 Å². The van der Waals surface area contributed by atoms with Gasteiger partial charge >= 0.3 is 0 Å². The Kier molecular flexibility index (Phi) is 31.3. The Morgan fingerprint density at radius 2 is 1.22 bits per heavy atom. The topological polar surface area (TPSA) is 0 Å². The molecule has 0 aromatic rings. The summed E-state index contributed by atoms with van der Waals surface area (Å²) in [5.74, 6) is 2.12. The molecular weight excluding hydrogens is 709 g/mol. The Balaban J connectivity index is 1.78. The van der Waals surface area contributed by atoms with Gasteiger partial charge in [0.15, 0.2) is 0 Å². The Morgan fingerprint density at radius 1 is 0.610 bits per heavy atom. The van der Waals surface area contributed by atoms with E-state index in [1.54, 1.807) is 11.1 Å². The Hall–Kier alpha value is -1.26. The Morgan fingerprint density at radius 3 is 1.95 bits per heavy atom. The van der Waals surface area contributed by atoms with Gasteiger partial charge in [-0.15, -0.1) is 5.73 Å². The Bertz CT molecular complexity index is 1160. The van der Waals surface area contributed by atoms with Crippen molar-refractivity contribution in [2.75, 3.05) is 0 Å². The van der Waals surface area contributed by atoms with E-state index in [4.69, 9.17) is 0 Å². The molecule has 342 valence electrons. The minimum atomic E-state index is 0.493. The van der Waals surface area contributed by atoms with Crippen molar-refractivity contribution in [3.8, 4) is 0 Å². The summed E-state index contributed by atoms with van der Waals surface area (Å²) in [5, 5.41) is 0. The average Bonchev–Trinajstić information content (AvgIpc) is 3.21. The molecule has 5 unspecified atom stereocenters. The molecule has 0 heterocycles. The molecule has 5 atom stereocenters. The molecule has 1 fully saturated rings. The van der Waals surface area contributed by atoms with Crippen LogP contribution in [0.3, 0.4) is 0 Å². The molecule has 0 aromatic heterocycles. The van der Waals surface area contributed by atoms with Crippen molar-refractivity contribution in [3.05, 3.63) is 53.3 Å². The number of hydrogen-bond donors (Lipinski definition) is 0. The van der Waals surface area contributed by atoms with E-state index in [2.05, 4.69) is 85.1 Å². The van der Waals surface area contributed by atoms with Gasteiger partial charge in [-0.1, -0.05) is 205 Å². The summed E-state index contributed by atoms with van der Waals surface area (Å²) in [6.07, 6.45) is 63.1. The third kappa shape index (κ3) is 25.4. The van der Waals surface area contributed by atoms with E-state index in [1.807, 2.05) is 5.57 Å². The highest BCUT2D eigenvalue weighted by Gasteiger charge is 2.37. The van der Waals surface area contributed by atoms with Crippen LogP contribution < -0.4 is 0 Å². The maximum absolute atomic E-state index is 4.12. The van der Waals surface area contributed by atoms with E-state index >= 15 is 0 Å².